The van der Waals surface area contributed by atoms with Crippen LogP contribution in [0.3, 0.4) is 0 Å². The summed E-state index contributed by atoms with van der Waals surface area (Å²) in [4.78, 5) is 13.0. The predicted molar refractivity (Wildman–Crippen MR) is 73.1 cm³/mol. The molecule has 1 aliphatic heterocycles. The van der Waals surface area contributed by atoms with Gasteiger partial charge in [0.2, 0.25) is 0 Å². The molecule has 2 N–H and O–H groups in total. The molecule has 4 nitrogen and oxygen atoms in total. The lowest BCUT2D eigenvalue weighted by Gasteiger charge is -2.35. The fourth-order valence-corrected chi connectivity index (χ4v) is 2.81. The van der Waals surface area contributed by atoms with Crippen LogP contribution in [0, 0.1) is 5.82 Å². The Hall–Kier alpha value is -1.46. The second-order valence-electron chi connectivity index (χ2n) is 5.25. The fraction of sp³-hybridized carbons (Fsp3) is 0.533. The van der Waals surface area contributed by atoms with Crippen LogP contribution in [-0.2, 0) is 6.54 Å². The first-order chi connectivity index (χ1) is 9.61. The van der Waals surface area contributed by atoms with Crippen molar-refractivity contribution >= 4 is 5.97 Å². The van der Waals surface area contributed by atoms with Crippen LogP contribution in [0.5, 0.6) is 0 Å². The molecule has 1 unspecified atom stereocenters. The number of hydrogen-bond acceptors (Lipinski definition) is 3. The number of carboxylic acid groups (broad SMARTS) is 1. The van der Waals surface area contributed by atoms with E-state index in [4.69, 9.17) is 10.2 Å². The number of nitrogens with zero attached hydrogens (tertiary/aromatic N) is 1. The first kappa shape index (κ1) is 14.9. The third-order valence-electron chi connectivity index (χ3n) is 3.86. The van der Waals surface area contributed by atoms with Crippen molar-refractivity contribution in [1.29, 1.82) is 0 Å². The third kappa shape index (κ3) is 3.55. The molecule has 1 aromatic rings. The molecule has 1 aliphatic rings. The quantitative estimate of drug-likeness (QED) is 0.869. The van der Waals surface area contributed by atoms with Gasteiger partial charge in [0, 0.05) is 19.2 Å². The van der Waals surface area contributed by atoms with Crippen LogP contribution in [0.1, 0.15) is 41.6 Å². The molecule has 5 heteroatoms. The van der Waals surface area contributed by atoms with Crippen molar-refractivity contribution in [2.75, 3.05) is 13.2 Å². The molecule has 1 heterocycles. The third-order valence-corrected chi connectivity index (χ3v) is 3.86. The molecule has 2 rings (SSSR count). The Morgan fingerprint density at radius 3 is 2.85 bits per heavy atom. The highest BCUT2D eigenvalue weighted by Gasteiger charge is 2.22. The van der Waals surface area contributed by atoms with E-state index < -0.39 is 11.8 Å². The highest BCUT2D eigenvalue weighted by molar-refractivity contribution is 5.87. The van der Waals surface area contributed by atoms with Gasteiger partial charge in [-0.05, 0) is 43.5 Å². The summed E-state index contributed by atoms with van der Waals surface area (Å²) in [5.41, 5.74) is 0.483. The molecule has 1 aromatic carbocycles. The number of aromatic carboxylic acids is 1. The summed E-state index contributed by atoms with van der Waals surface area (Å²) < 4.78 is 13.7. The Balaban J connectivity index is 2.08. The lowest BCUT2D eigenvalue weighted by atomic mass is 9.98. The standard InChI is InChI=1S/C15H20FNO3/c16-14-9-11(4-5-13(14)15(19)20)10-17-7-2-1-3-12(17)6-8-18/h4-5,9,12,18H,1-3,6-8,10H2,(H,19,20). The molecular weight excluding hydrogens is 261 g/mol. The van der Waals surface area contributed by atoms with Gasteiger partial charge in [-0.25, -0.2) is 9.18 Å². The maximum absolute atomic E-state index is 13.7. The first-order valence-corrected chi connectivity index (χ1v) is 6.98. The van der Waals surface area contributed by atoms with Gasteiger partial charge in [-0.1, -0.05) is 12.5 Å². The average molecular weight is 281 g/mol. The van der Waals surface area contributed by atoms with E-state index in [-0.39, 0.29) is 12.2 Å². The number of aliphatic hydroxyl groups excluding tert-OH is 1. The zero-order chi connectivity index (χ0) is 14.5. The minimum atomic E-state index is -1.25. The maximum Gasteiger partial charge on any atom is 0.338 e. The molecule has 20 heavy (non-hydrogen) atoms. The molecule has 110 valence electrons. The smallest absolute Gasteiger partial charge is 0.338 e. The van der Waals surface area contributed by atoms with E-state index >= 15 is 0 Å². The largest absolute Gasteiger partial charge is 0.478 e. The minimum absolute atomic E-state index is 0.160. The SMILES string of the molecule is O=C(O)c1ccc(CN2CCCCC2CCO)cc1F. The van der Waals surface area contributed by atoms with E-state index in [1.54, 1.807) is 6.07 Å². The zero-order valence-corrected chi connectivity index (χ0v) is 11.4. The van der Waals surface area contributed by atoms with Gasteiger partial charge < -0.3 is 10.2 Å². The van der Waals surface area contributed by atoms with Crippen LogP contribution >= 0.6 is 0 Å². The number of piperidine rings is 1. The highest BCUT2D eigenvalue weighted by Crippen LogP contribution is 2.22. The van der Waals surface area contributed by atoms with Gasteiger partial charge in [-0.2, -0.15) is 0 Å². The van der Waals surface area contributed by atoms with E-state index in [2.05, 4.69) is 4.90 Å². The summed E-state index contributed by atoms with van der Waals surface area (Å²) >= 11 is 0. The second kappa shape index (κ2) is 6.81. The van der Waals surface area contributed by atoms with Crippen molar-refractivity contribution in [2.24, 2.45) is 0 Å². The maximum atomic E-state index is 13.7. The van der Waals surface area contributed by atoms with Crippen molar-refractivity contribution in [1.82, 2.24) is 4.90 Å². The highest BCUT2D eigenvalue weighted by atomic mass is 19.1. The lowest BCUT2D eigenvalue weighted by molar-refractivity contribution is 0.0691. The van der Waals surface area contributed by atoms with Crippen LogP contribution in [0.15, 0.2) is 18.2 Å². The Bertz CT molecular complexity index is 476. The molecule has 0 radical (unpaired) electrons. The Kier molecular flexibility index (Phi) is 5.09. The monoisotopic (exact) mass is 281 g/mol. The van der Waals surface area contributed by atoms with E-state index in [1.165, 1.54) is 12.1 Å². The molecule has 0 spiro atoms. The summed E-state index contributed by atoms with van der Waals surface area (Å²) in [5.74, 6) is -1.93. The van der Waals surface area contributed by atoms with Crippen molar-refractivity contribution in [2.45, 2.75) is 38.3 Å². The van der Waals surface area contributed by atoms with Gasteiger partial charge in [-0.15, -0.1) is 0 Å². The molecule has 0 aliphatic carbocycles. The molecule has 0 aromatic heterocycles. The van der Waals surface area contributed by atoms with E-state index in [9.17, 15) is 9.18 Å². The van der Waals surface area contributed by atoms with Crippen molar-refractivity contribution in [3.63, 3.8) is 0 Å². The Morgan fingerprint density at radius 2 is 2.20 bits per heavy atom. The van der Waals surface area contributed by atoms with Crippen LogP contribution in [0.4, 0.5) is 4.39 Å². The number of likely N-dealkylation sites (tertiary alicyclic amines) is 1. The number of aliphatic hydroxyl groups is 1. The zero-order valence-electron chi connectivity index (χ0n) is 11.4. The molecule has 0 saturated carbocycles. The minimum Gasteiger partial charge on any atom is -0.478 e. The molecule has 0 bridgehead atoms. The first-order valence-electron chi connectivity index (χ1n) is 6.98. The fourth-order valence-electron chi connectivity index (χ4n) is 2.81. The normalized spacial score (nSPS) is 20.0. The van der Waals surface area contributed by atoms with E-state index in [0.717, 1.165) is 37.8 Å². The van der Waals surface area contributed by atoms with Crippen molar-refractivity contribution in [3.05, 3.63) is 35.1 Å². The second-order valence-corrected chi connectivity index (χ2v) is 5.25. The molecular formula is C15H20FNO3. The summed E-state index contributed by atoms with van der Waals surface area (Å²) in [7, 11) is 0. The van der Waals surface area contributed by atoms with Crippen LogP contribution in [0.25, 0.3) is 0 Å². The molecule has 0 amide bonds. The topological polar surface area (TPSA) is 60.8 Å². The predicted octanol–water partition coefficient (Wildman–Crippen LogP) is 2.26. The van der Waals surface area contributed by atoms with Gasteiger partial charge in [0.05, 0.1) is 5.56 Å². The van der Waals surface area contributed by atoms with Crippen LogP contribution < -0.4 is 0 Å². The van der Waals surface area contributed by atoms with E-state index in [1.807, 2.05) is 0 Å². The summed E-state index contributed by atoms with van der Waals surface area (Å²) in [5, 5.41) is 17.9. The van der Waals surface area contributed by atoms with Gasteiger partial charge in [0.1, 0.15) is 5.82 Å². The van der Waals surface area contributed by atoms with Gasteiger partial charge in [0.25, 0.3) is 0 Å². The number of benzene rings is 1. The summed E-state index contributed by atoms with van der Waals surface area (Å²) in [6, 6.07) is 4.61. The Morgan fingerprint density at radius 1 is 1.40 bits per heavy atom. The summed E-state index contributed by atoms with van der Waals surface area (Å²) in [6.07, 6.45) is 4.05. The number of rotatable bonds is 5. The molecule has 1 saturated heterocycles. The van der Waals surface area contributed by atoms with E-state index in [0.29, 0.717) is 12.6 Å². The average Bonchev–Trinajstić information content (AvgIpc) is 2.41. The van der Waals surface area contributed by atoms with Crippen molar-refractivity contribution < 1.29 is 19.4 Å². The Labute approximate surface area is 117 Å². The van der Waals surface area contributed by atoms with Crippen LogP contribution in [-0.4, -0.2) is 40.3 Å². The van der Waals surface area contributed by atoms with Crippen molar-refractivity contribution in [3.8, 4) is 0 Å². The summed E-state index contributed by atoms with van der Waals surface area (Å²) in [6.45, 7) is 1.70. The van der Waals surface area contributed by atoms with Gasteiger partial charge in [-0.3, -0.25) is 4.90 Å². The van der Waals surface area contributed by atoms with Gasteiger partial charge in [0.15, 0.2) is 0 Å². The number of hydrogen-bond donors (Lipinski definition) is 2. The number of carboxylic acids is 1. The number of halogens is 1. The number of carbonyl (C=O) groups is 1. The molecule has 1 atom stereocenters. The van der Waals surface area contributed by atoms with Crippen LogP contribution in [0.2, 0.25) is 0 Å². The molecule has 1 fully saturated rings. The van der Waals surface area contributed by atoms with Gasteiger partial charge >= 0.3 is 5.97 Å². The lowest BCUT2D eigenvalue weighted by Crippen LogP contribution is -2.39.